The van der Waals surface area contributed by atoms with Crippen molar-refractivity contribution in [2.45, 2.75) is 17.2 Å². The fourth-order valence-corrected chi connectivity index (χ4v) is 2.32. The van der Waals surface area contributed by atoms with Crippen LogP contribution in [0.15, 0.2) is 41.3 Å². The Balaban J connectivity index is 2.15. The minimum atomic E-state index is -2.59. The zero-order valence-corrected chi connectivity index (χ0v) is 11.4. The van der Waals surface area contributed by atoms with Crippen LogP contribution in [0.5, 0.6) is 0 Å². The molecule has 1 nitrogen and oxygen atoms in total. The topological polar surface area (TPSA) is 12.0 Å². The van der Waals surface area contributed by atoms with Gasteiger partial charge in [-0.15, -0.1) is 0 Å². The SMILES string of the molecule is Fc1cc(F)c(CNc2ccccc2SC(F)F)cc1F. The Morgan fingerprint density at radius 1 is 0.952 bits per heavy atom. The molecule has 2 rings (SSSR count). The van der Waals surface area contributed by atoms with Crippen LogP contribution < -0.4 is 5.32 Å². The Morgan fingerprint density at radius 3 is 2.33 bits per heavy atom. The van der Waals surface area contributed by atoms with E-state index in [1.165, 1.54) is 6.07 Å². The van der Waals surface area contributed by atoms with Crippen molar-refractivity contribution >= 4 is 17.4 Å². The number of hydrogen-bond acceptors (Lipinski definition) is 2. The van der Waals surface area contributed by atoms with Gasteiger partial charge < -0.3 is 5.32 Å². The number of alkyl halides is 2. The summed E-state index contributed by atoms with van der Waals surface area (Å²) < 4.78 is 64.2. The Bertz CT molecular complexity index is 633. The maximum atomic E-state index is 13.5. The lowest BCUT2D eigenvalue weighted by Gasteiger charge is -2.12. The number of thioether (sulfide) groups is 1. The molecule has 21 heavy (non-hydrogen) atoms. The van der Waals surface area contributed by atoms with Gasteiger partial charge in [0.2, 0.25) is 0 Å². The summed E-state index contributed by atoms with van der Waals surface area (Å²) in [6.45, 7) is -0.149. The molecule has 0 fully saturated rings. The minimum absolute atomic E-state index is 0.0919. The molecule has 0 aliphatic rings. The highest BCUT2D eigenvalue weighted by Gasteiger charge is 2.12. The number of rotatable bonds is 5. The number of benzene rings is 2. The molecular weight excluding hydrogens is 309 g/mol. The second-order valence-corrected chi connectivity index (χ2v) is 5.12. The van der Waals surface area contributed by atoms with Crippen molar-refractivity contribution in [2.24, 2.45) is 0 Å². The van der Waals surface area contributed by atoms with Gasteiger partial charge in [0.15, 0.2) is 11.6 Å². The lowest BCUT2D eigenvalue weighted by Crippen LogP contribution is -2.04. The number of halogens is 5. The Labute approximate surface area is 122 Å². The second kappa shape index (κ2) is 6.80. The molecule has 0 aromatic heterocycles. The van der Waals surface area contributed by atoms with E-state index in [9.17, 15) is 22.0 Å². The largest absolute Gasteiger partial charge is 0.380 e. The predicted octanol–water partition coefficient (Wildman–Crippen LogP) is 5.03. The van der Waals surface area contributed by atoms with E-state index in [2.05, 4.69) is 5.32 Å². The summed E-state index contributed by atoms with van der Waals surface area (Å²) >= 11 is 0.346. The molecule has 0 saturated heterocycles. The van der Waals surface area contributed by atoms with Crippen molar-refractivity contribution < 1.29 is 22.0 Å². The zero-order valence-electron chi connectivity index (χ0n) is 10.5. The molecular formula is C14H10F5NS. The van der Waals surface area contributed by atoms with E-state index in [4.69, 9.17) is 0 Å². The smallest absolute Gasteiger partial charge is 0.288 e. The van der Waals surface area contributed by atoms with Crippen LogP contribution in [0.25, 0.3) is 0 Å². The average Bonchev–Trinajstić information content (AvgIpc) is 2.42. The molecule has 0 aliphatic carbocycles. The van der Waals surface area contributed by atoms with Gasteiger partial charge in [-0.25, -0.2) is 13.2 Å². The van der Waals surface area contributed by atoms with Crippen molar-refractivity contribution in [1.29, 1.82) is 0 Å². The minimum Gasteiger partial charge on any atom is -0.380 e. The van der Waals surface area contributed by atoms with Crippen molar-refractivity contribution in [3.8, 4) is 0 Å². The van der Waals surface area contributed by atoms with Crippen LogP contribution in [-0.4, -0.2) is 5.76 Å². The third-order valence-electron chi connectivity index (χ3n) is 2.66. The molecule has 0 amide bonds. The molecule has 2 aromatic rings. The van der Waals surface area contributed by atoms with Crippen LogP contribution in [0.4, 0.5) is 27.6 Å². The molecule has 7 heteroatoms. The van der Waals surface area contributed by atoms with Crippen molar-refractivity contribution in [2.75, 3.05) is 5.32 Å². The summed E-state index contributed by atoms with van der Waals surface area (Å²) in [5.74, 6) is -5.93. The molecule has 0 unspecified atom stereocenters. The molecule has 0 spiro atoms. The summed E-state index contributed by atoms with van der Waals surface area (Å²) in [5.41, 5.74) is 0.276. The summed E-state index contributed by atoms with van der Waals surface area (Å²) in [7, 11) is 0. The highest BCUT2D eigenvalue weighted by molar-refractivity contribution is 7.99. The normalized spacial score (nSPS) is 11.0. The van der Waals surface area contributed by atoms with Crippen LogP contribution in [0, 0.1) is 17.5 Å². The summed E-state index contributed by atoms with van der Waals surface area (Å²) in [6.07, 6.45) is 0. The van der Waals surface area contributed by atoms with Gasteiger partial charge in [0.05, 0.1) is 0 Å². The van der Waals surface area contributed by atoms with Gasteiger partial charge in [-0.3, -0.25) is 0 Å². The monoisotopic (exact) mass is 319 g/mol. The zero-order chi connectivity index (χ0) is 15.4. The molecule has 0 atom stereocenters. The Kier molecular flexibility index (Phi) is 5.06. The first-order chi connectivity index (χ1) is 9.97. The van der Waals surface area contributed by atoms with Gasteiger partial charge >= 0.3 is 0 Å². The van der Waals surface area contributed by atoms with Gasteiger partial charge in [-0.2, -0.15) is 8.78 Å². The summed E-state index contributed by atoms with van der Waals surface area (Å²) in [6, 6.07) is 7.43. The molecule has 0 saturated carbocycles. The van der Waals surface area contributed by atoms with Crippen molar-refractivity contribution in [3.63, 3.8) is 0 Å². The third kappa shape index (κ3) is 4.10. The van der Waals surface area contributed by atoms with E-state index in [0.29, 0.717) is 23.5 Å². The van der Waals surface area contributed by atoms with E-state index >= 15 is 0 Å². The van der Waals surface area contributed by atoms with Gasteiger partial charge in [0.1, 0.15) is 5.82 Å². The lowest BCUT2D eigenvalue weighted by atomic mass is 10.2. The van der Waals surface area contributed by atoms with Crippen LogP contribution >= 0.6 is 11.8 Å². The van der Waals surface area contributed by atoms with Crippen LogP contribution in [0.2, 0.25) is 0 Å². The molecule has 1 N–H and O–H groups in total. The Morgan fingerprint density at radius 2 is 1.62 bits per heavy atom. The number of para-hydroxylation sites is 1. The molecule has 0 heterocycles. The fourth-order valence-electron chi connectivity index (χ4n) is 1.70. The van der Waals surface area contributed by atoms with Gasteiger partial charge in [0, 0.05) is 28.8 Å². The molecule has 0 aliphatic heterocycles. The van der Waals surface area contributed by atoms with E-state index in [1.807, 2.05) is 0 Å². The van der Waals surface area contributed by atoms with Crippen molar-refractivity contribution in [1.82, 2.24) is 0 Å². The predicted molar refractivity (Wildman–Crippen MR) is 71.9 cm³/mol. The average molecular weight is 319 g/mol. The van der Waals surface area contributed by atoms with Crippen molar-refractivity contribution in [3.05, 3.63) is 59.4 Å². The van der Waals surface area contributed by atoms with Crippen LogP contribution in [0.3, 0.4) is 0 Å². The fraction of sp³-hybridized carbons (Fsp3) is 0.143. The standard InChI is InChI=1S/C14H10F5NS/c15-9-6-11(17)10(16)5-8(9)7-20-12-3-1-2-4-13(12)21-14(18)19/h1-6,14,20H,7H2. The van der Waals surface area contributed by atoms with E-state index in [0.717, 1.165) is 6.07 Å². The number of nitrogens with one attached hydrogen (secondary N) is 1. The number of hydrogen-bond donors (Lipinski definition) is 1. The summed E-state index contributed by atoms with van der Waals surface area (Å²) in [4.78, 5) is 0.287. The third-order valence-corrected chi connectivity index (χ3v) is 3.45. The molecule has 2 aromatic carbocycles. The molecule has 112 valence electrons. The Hall–Kier alpha value is -1.76. The maximum absolute atomic E-state index is 13.5. The maximum Gasteiger partial charge on any atom is 0.288 e. The number of anilines is 1. The first-order valence-electron chi connectivity index (χ1n) is 5.88. The highest BCUT2D eigenvalue weighted by atomic mass is 32.2. The lowest BCUT2D eigenvalue weighted by molar-refractivity contribution is 0.252. The van der Waals surface area contributed by atoms with Crippen LogP contribution in [-0.2, 0) is 6.54 Å². The first kappa shape index (κ1) is 15.6. The van der Waals surface area contributed by atoms with Gasteiger partial charge in [-0.05, 0) is 18.2 Å². The van der Waals surface area contributed by atoms with Crippen LogP contribution in [0.1, 0.15) is 5.56 Å². The first-order valence-corrected chi connectivity index (χ1v) is 6.76. The molecule has 0 radical (unpaired) electrons. The second-order valence-electron chi connectivity index (χ2n) is 4.09. The van der Waals surface area contributed by atoms with E-state index in [-0.39, 0.29) is 17.0 Å². The van der Waals surface area contributed by atoms with E-state index < -0.39 is 23.2 Å². The summed E-state index contributed by atoms with van der Waals surface area (Å²) in [5, 5.41) is 2.74. The highest BCUT2D eigenvalue weighted by Crippen LogP contribution is 2.32. The molecule has 0 bridgehead atoms. The quantitative estimate of drug-likeness (QED) is 0.471. The van der Waals surface area contributed by atoms with Gasteiger partial charge in [0.25, 0.3) is 5.76 Å². The van der Waals surface area contributed by atoms with E-state index in [1.54, 1.807) is 18.2 Å². The van der Waals surface area contributed by atoms with Gasteiger partial charge in [-0.1, -0.05) is 23.9 Å².